The molecule has 0 saturated carbocycles. The first-order valence-electron chi connectivity index (χ1n) is 6.43. The van der Waals surface area contributed by atoms with Crippen LogP contribution in [0.15, 0.2) is 23.1 Å². The average molecular weight is 317 g/mol. The molecular weight excluding hydrogens is 296 g/mol. The molecule has 20 heavy (non-hydrogen) atoms. The summed E-state index contributed by atoms with van der Waals surface area (Å²) in [4.78, 5) is 13.3. The van der Waals surface area contributed by atoms with Gasteiger partial charge in [-0.2, -0.15) is 0 Å². The Labute approximate surface area is 130 Å². The fourth-order valence-electron chi connectivity index (χ4n) is 2.22. The maximum atomic E-state index is 12.2. The largest absolute Gasteiger partial charge is 0.391 e. The lowest BCUT2D eigenvalue weighted by molar-refractivity contribution is 0.0926. The fourth-order valence-corrected chi connectivity index (χ4v) is 2.66. The van der Waals surface area contributed by atoms with E-state index in [0.29, 0.717) is 18.7 Å². The Kier molecular flexibility index (Phi) is 6.82. The van der Waals surface area contributed by atoms with E-state index in [4.69, 9.17) is 0 Å². The Morgan fingerprint density at radius 1 is 1.50 bits per heavy atom. The molecule has 2 unspecified atom stereocenters. The van der Waals surface area contributed by atoms with Crippen LogP contribution in [0.3, 0.4) is 0 Å². The third-order valence-corrected chi connectivity index (χ3v) is 4.24. The summed E-state index contributed by atoms with van der Waals surface area (Å²) >= 11 is 1.62. The van der Waals surface area contributed by atoms with Gasteiger partial charge in [0, 0.05) is 36.0 Å². The molecule has 4 nitrogen and oxygen atoms in total. The van der Waals surface area contributed by atoms with Gasteiger partial charge in [-0.05, 0) is 30.9 Å². The average Bonchev–Trinajstić information content (AvgIpc) is 2.82. The van der Waals surface area contributed by atoms with Crippen LogP contribution >= 0.6 is 24.2 Å². The molecule has 1 fully saturated rings. The second kappa shape index (κ2) is 7.88. The van der Waals surface area contributed by atoms with Crippen molar-refractivity contribution in [3.63, 3.8) is 0 Å². The number of rotatable bonds is 4. The lowest BCUT2D eigenvalue weighted by Gasteiger charge is -2.15. The lowest BCUT2D eigenvalue weighted by Crippen LogP contribution is -2.34. The molecule has 0 aliphatic carbocycles. The number of nitrogens with one attached hydrogen (secondary N) is 2. The zero-order chi connectivity index (χ0) is 13.8. The standard InChI is InChI=1S/C14H20N2O2S.ClH/c1-9-3-4-11(19-2)5-12(9)14(18)16-7-10-6-15-8-13(10)17;/h3-5,10,13,15,17H,6-8H2,1-2H3,(H,16,18);1H. The number of thioether (sulfide) groups is 1. The van der Waals surface area contributed by atoms with Crippen molar-refractivity contribution < 1.29 is 9.90 Å². The van der Waals surface area contributed by atoms with Crippen LogP contribution < -0.4 is 10.6 Å². The summed E-state index contributed by atoms with van der Waals surface area (Å²) in [5, 5.41) is 15.7. The molecule has 1 heterocycles. The summed E-state index contributed by atoms with van der Waals surface area (Å²) in [5.41, 5.74) is 1.69. The molecular formula is C14H21ClN2O2S. The second-order valence-corrected chi connectivity index (χ2v) is 5.76. The maximum absolute atomic E-state index is 12.2. The van der Waals surface area contributed by atoms with Crippen molar-refractivity contribution in [1.29, 1.82) is 0 Å². The highest BCUT2D eigenvalue weighted by atomic mass is 35.5. The Morgan fingerprint density at radius 3 is 2.85 bits per heavy atom. The van der Waals surface area contributed by atoms with Crippen molar-refractivity contribution in [3.05, 3.63) is 29.3 Å². The highest BCUT2D eigenvalue weighted by Crippen LogP contribution is 2.19. The minimum Gasteiger partial charge on any atom is -0.391 e. The molecule has 6 heteroatoms. The third kappa shape index (κ3) is 4.12. The third-order valence-electron chi connectivity index (χ3n) is 3.52. The first kappa shape index (κ1) is 17.3. The van der Waals surface area contributed by atoms with E-state index in [9.17, 15) is 9.90 Å². The quantitative estimate of drug-likeness (QED) is 0.736. The van der Waals surface area contributed by atoms with Gasteiger partial charge in [-0.25, -0.2) is 0 Å². The number of β-amino-alcohol motifs (C(OH)–C–C–N with tert-alkyl or cyclic N) is 1. The number of carbonyl (C=O) groups is 1. The van der Waals surface area contributed by atoms with E-state index in [1.165, 1.54) is 0 Å². The first-order valence-corrected chi connectivity index (χ1v) is 7.66. The van der Waals surface area contributed by atoms with Gasteiger partial charge in [0.1, 0.15) is 0 Å². The predicted molar refractivity (Wildman–Crippen MR) is 84.9 cm³/mol. The van der Waals surface area contributed by atoms with Gasteiger partial charge in [0.2, 0.25) is 0 Å². The molecule has 1 aromatic rings. The molecule has 1 saturated heterocycles. The van der Waals surface area contributed by atoms with E-state index in [2.05, 4.69) is 10.6 Å². The van der Waals surface area contributed by atoms with Gasteiger partial charge in [-0.1, -0.05) is 6.07 Å². The molecule has 2 rings (SSSR count). The molecule has 1 aliphatic rings. The molecule has 0 bridgehead atoms. The predicted octanol–water partition coefficient (Wildman–Crippen LogP) is 1.45. The topological polar surface area (TPSA) is 61.4 Å². The SMILES string of the molecule is CSc1ccc(C)c(C(=O)NCC2CNCC2O)c1.Cl. The summed E-state index contributed by atoms with van der Waals surface area (Å²) in [6, 6.07) is 5.90. The van der Waals surface area contributed by atoms with Crippen LogP contribution in [-0.4, -0.2) is 43.0 Å². The number of amides is 1. The zero-order valence-electron chi connectivity index (χ0n) is 11.7. The van der Waals surface area contributed by atoms with Gasteiger partial charge < -0.3 is 15.7 Å². The Balaban J connectivity index is 0.00000200. The number of hydrogen-bond donors (Lipinski definition) is 3. The number of aliphatic hydroxyl groups excluding tert-OH is 1. The van der Waals surface area contributed by atoms with Gasteiger partial charge in [0.15, 0.2) is 0 Å². The number of aryl methyl sites for hydroxylation is 1. The zero-order valence-corrected chi connectivity index (χ0v) is 13.3. The smallest absolute Gasteiger partial charge is 0.251 e. The minimum atomic E-state index is -0.362. The van der Waals surface area contributed by atoms with E-state index in [1.807, 2.05) is 31.4 Å². The van der Waals surface area contributed by atoms with Gasteiger partial charge >= 0.3 is 0 Å². The van der Waals surface area contributed by atoms with Gasteiger partial charge in [-0.3, -0.25) is 4.79 Å². The summed E-state index contributed by atoms with van der Waals surface area (Å²) in [7, 11) is 0. The number of aliphatic hydroxyl groups is 1. The fraction of sp³-hybridized carbons (Fsp3) is 0.500. The Hall–Kier alpha value is -0.750. The summed E-state index contributed by atoms with van der Waals surface area (Å²) in [5.74, 6) is 0.0421. The Morgan fingerprint density at radius 2 is 2.25 bits per heavy atom. The summed E-state index contributed by atoms with van der Waals surface area (Å²) in [6.07, 6.45) is 1.63. The van der Waals surface area contributed by atoms with Crippen LogP contribution in [0.5, 0.6) is 0 Å². The second-order valence-electron chi connectivity index (χ2n) is 4.88. The molecule has 1 aromatic carbocycles. The van der Waals surface area contributed by atoms with Gasteiger partial charge in [0.05, 0.1) is 6.10 Å². The molecule has 112 valence electrons. The van der Waals surface area contributed by atoms with Crippen LogP contribution in [0, 0.1) is 12.8 Å². The molecule has 1 amide bonds. The van der Waals surface area contributed by atoms with E-state index >= 15 is 0 Å². The van der Waals surface area contributed by atoms with Crippen LogP contribution in [0.1, 0.15) is 15.9 Å². The Bertz CT molecular complexity index is 470. The van der Waals surface area contributed by atoms with Crippen molar-refractivity contribution in [3.8, 4) is 0 Å². The highest BCUT2D eigenvalue weighted by Gasteiger charge is 2.25. The molecule has 0 radical (unpaired) electrons. The first-order chi connectivity index (χ1) is 9.11. The maximum Gasteiger partial charge on any atom is 0.251 e. The molecule has 2 atom stereocenters. The van der Waals surface area contributed by atoms with Crippen molar-refractivity contribution in [2.45, 2.75) is 17.9 Å². The monoisotopic (exact) mass is 316 g/mol. The normalized spacial score (nSPS) is 21.4. The van der Waals surface area contributed by atoms with Crippen LogP contribution in [0.25, 0.3) is 0 Å². The van der Waals surface area contributed by atoms with Crippen LogP contribution in [0.2, 0.25) is 0 Å². The summed E-state index contributed by atoms with van der Waals surface area (Å²) in [6.45, 7) is 3.81. The summed E-state index contributed by atoms with van der Waals surface area (Å²) < 4.78 is 0. The van der Waals surface area contributed by atoms with E-state index in [0.717, 1.165) is 17.0 Å². The number of hydrogen-bond acceptors (Lipinski definition) is 4. The molecule has 0 spiro atoms. The van der Waals surface area contributed by atoms with Gasteiger partial charge in [0.25, 0.3) is 5.91 Å². The number of carbonyl (C=O) groups excluding carboxylic acids is 1. The lowest BCUT2D eigenvalue weighted by atomic mass is 10.1. The van der Waals surface area contributed by atoms with Gasteiger partial charge in [-0.15, -0.1) is 24.2 Å². The molecule has 1 aliphatic heterocycles. The number of benzene rings is 1. The van der Waals surface area contributed by atoms with E-state index in [-0.39, 0.29) is 30.3 Å². The van der Waals surface area contributed by atoms with Crippen molar-refractivity contribution in [2.75, 3.05) is 25.9 Å². The molecule has 0 aromatic heterocycles. The molecule has 3 N–H and O–H groups in total. The van der Waals surface area contributed by atoms with E-state index in [1.54, 1.807) is 11.8 Å². The van der Waals surface area contributed by atoms with Crippen molar-refractivity contribution in [1.82, 2.24) is 10.6 Å². The van der Waals surface area contributed by atoms with Crippen LogP contribution in [0.4, 0.5) is 0 Å². The minimum absolute atomic E-state index is 0. The van der Waals surface area contributed by atoms with Crippen LogP contribution in [-0.2, 0) is 0 Å². The highest BCUT2D eigenvalue weighted by molar-refractivity contribution is 7.98. The van der Waals surface area contributed by atoms with Crippen molar-refractivity contribution >= 4 is 30.1 Å². The van der Waals surface area contributed by atoms with E-state index < -0.39 is 0 Å². The number of halogens is 1. The van der Waals surface area contributed by atoms with Crippen molar-refractivity contribution in [2.24, 2.45) is 5.92 Å².